The second kappa shape index (κ2) is 5.10. The van der Waals surface area contributed by atoms with E-state index in [0.29, 0.717) is 0 Å². The Bertz CT molecular complexity index is 173. The molecule has 3 heteroatoms. The third-order valence-electron chi connectivity index (χ3n) is 3.07. The lowest BCUT2D eigenvalue weighted by Crippen LogP contribution is -2.40. The molecule has 1 rings (SSSR count). The van der Waals surface area contributed by atoms with Crippen LogP contribution in [0.5, 0.6) is 0 Å². The zero-order valence-electron chi connectivity index (χ0n) is 9.79. The summed E-state index contributed by atoms with van der Waals surface area (Å²) >= 11 is 0. The Hall–Kier alpha value is -0.120. The predicted octanol–water partition coefficient (Wildman–Crippen LogP) is 0.785. The maximum Gasteiger partial charge on any atom is 0.0786 e. The van der Waals surface area contributed by atoms with Crippen molar-refractivity contribution in [3.63, 3.8) is 0 Å². The molecule has 14 heavy (non-hydrogen) atoms. The minimum Gasteiger partial charge on any atom is -0.389 e. The van der Waals surface area contributed by atoms with Crippen molar-refractivity contribution in [2.75, 3.05) is 40.3 Å². The van der Waals surface area contributed by atoms with Gasteiger partial charge in [-0.3, -0.25) is 0 Å². The van der Waals surface area contributed by atoms with Gasteiger partial charge < -0.3 is 14.9 Å². The molecule has 0 amide bonds. The lowest BCUT2D eigenvalue weighted by Gasteiger charge is -2.29. The number of hydrogen-bond acceptors (Lipinski definition) is 3. The summed E-state index contributed by atoms with van der Waals surface area (Å²) in [5.74, 6) is 0. The van der Waals surface area contributed by atoms with Gasteiger partial charge in [0.05, 0.1) is 5.60 Å². The molecule has 0 aliphatic carbocycles. The van der Waals surface area contributed by atoms with Crippen LogP contribution in [0, 0.1) is 0 Å². The second-order valence-electron chi connectivity index (χ2n) is 4.75. The summed E-state index contributed by atoms with van der Waals surface area (Å²) in [6, 6.07) is 0. The first-order valence-electron chi connectivity index (χ1n) is 5.65. The first-order valence-corrected chi connectivity index (χ1v) is 5.65. The zero-order valence-corrected chi connectivity index (χ0v) is 9.79. The monoisotopic (exact) mass is 200 g/mol. The molecule has 1 aliphatic rings. The molecule has 1 saturated heterocycles. The van der Waals surface area contributed by atoms with E-state index < -0.39 is 5.60 Å². The average Bonchev–Trinajstić information content (AvgIpc) is 2.26. The predicted molar refractivity (Wildman–Crippen MR) is 59.5 cm³/mol. The Labute approximate surface area is 87.7 Å². The van der Waals surface area contributed by atoms with E-state index in [9.17, 15) is 5.11 Å². The highest BCUT2D eigenvalue weighted by Crippen LogP contribution is 2.22. The van der Waals surface area contributed by atoms with Crippen LogP contribution in [0.2, 0.25) is 0 Å². The van der Waals surface area contributed by atoms with Gasteiger partial charge in [-0.15, -0.1) is 0 Å². The number of hydrogen-bond donors (Lipinski definition) is 1. The minimum absolute atomic E-state index is 0.451. The molecule has 1 N–H and O–H groups in total. The molecule has 0 aromatic rings. The Morgan fingerprint density at radius 3 is 2.57 bits per heavy atom. The van der Waals surface area contributed by atoms with E-state index >= 15 is 0 Å². The highest BCUT2D eigenvalue weighted by atomic mass is 16.3. The van der Waals surface area contributed by atoms with Crippen LogP contribution in [-0.4, -0.2) is 60.8 Å². The van der Waals surface area contributed by atoms with Gasteiger partial charge in [-0.1, -0.05) is 6.92 Å². The van der Waals surface area contributed by atoms with Gasteiger partial charge in [-0.2, -0.15) is 0 Å². The van der Waals surface area contributed by atoms with E-state index in [1.807, 2.05) is 14.1 Å². The summed E-state index contributed by atoms with van der Waals surface area (Å²) in [5.41, 5.74) is -0.451. The van der Waals surface area contributed by atoms with Crippen molar-refractivity contribution in [1.29, 1.82) is 0 Å². The number of nitrogens with zero attached hydrogens (tertiary/aromatic N) is 2. The fraction of sp³-hybridized carbons (Fsp3) is 1.00. The lowest BCUT2D eigenvalue weighted by molar-refractivity contribution is 0.00286. The summed E-state index contributed by atoms with van der Waals surface area (Å²) in [7, 11) is 4.06. The molecule has 0 aromatic heterocycles. The van der Waals surface area contributed by atoms with Crippen LogP contribution in [-0.2, 0) is 0 Å². The highest BCUT2D eigenvalue weighted by Gasteiger charge is 2.29. The molecule has 1 heterocycles. The van der Waals surface area contributed by atoms with E-state index in [-0.39, 0.29) is 0 Å². The van der Waals surface area contributed by atoms with E-state index in [0.717, 1.165) is 45.4 Å². The number of likely N-dealkylation sites (N-methyl/N-ethyl adjacent to an activating group) is 1. The third-order valence-corrected chi connectivity index (χ3v) is 3.07. The number of aliphatic hydroxyl groups is 1. The third kappa shape index (κ3) is 3.56. The Kier molecular flexibility index (Phi) is 4.35. The van der Waals surface area contributed by atoms with Gasteiger partial charge >= 0.3 is 0 Å². The van der Waals surface area contributed by atoms with Crippen molar-refractivity contribution in [3.05, 3.63) is 0 Å². The molecule has 84 valence electrons. The van der Waals surface area contributed by atoms with E-state index in [1.54, 1.807) is 0 Å². The van der Waals surface area contributed by atoms with Crippen LogP contribution >= 0.6 is 0 Å². The average molecular weight is 200 g/mol. The molecule has 1 atom stereocenters. The minimum atomic E-state index is -0.451. The molecule has 0 radical (unpaired) electrons. The summed E-state index contributed by atoms with van der Waals surface area (Å²) in [4.78, 5) is 4.51. The van der Waals surface area contributed by atoms with Crippen LogP contribution in [0.25, 0.3) is 0 Å². The molecule has 1 unspecified atom stereocenters. The van der Waals surface area contributed by atoms with E-state index in [1.165, 1.54) is 0 Å². The van der Waals surface area contributed by atoms with E-state index in [4.69, 9.17) is 0 Å². The van der Waals surface area contributed by atoms with Gasteiger partial charge in [0, 0.05) is 13.1 Å². The SMILES string of the molecule is CCN1CCCC(O)(CN(C)C)CC1. The van der Waals surface area contributed by atoms with Crippen LogP contribution in [0.4, 0.5) is 0 Å². The normalized spacial score (nSPS) is 30.6. The maximum absolute atomic E-state index is 10.4. The second-order valence-corrected chi connectivity index (χ2v) is 4.75. The van der Waals surface area contributed by atoms with E-state index in [2.05, 4.69) is 16.7 Å². The van der Waals surface area contributed by atoms with Gasteiger partial charge in [0.1, 0.15) is 0 Å². The number of likely N-dealkylation sites (tertiary alicyclic amines) is 1. The lowest BCUT2D eigenvalue weighted by atomic mass is 9.94. The summed E-state index contributed by atoms with van der Waals surface area (Å²) in [5, 5.41) is 10.4. The van der Waals surface area contributed by atoms with Crippen molar-refractivity contribution < 1.29 is 5.11 Å². The number of rotatable bonds is 3. The molecule has 0 bridgehead atoms. The molecule has 3 nitrogen and oxygen atoms in total. The summed E-state index contributed by atoms with van der Waals surface area (Å²) < 4.78 is 0. The van der Waals surface area contributed by atoms with Gasteiger partial charge in [0.25, 0.3) is 0 Å². The van der Waals surface area contributed by atoms with Crippen LogP contribution in [0.1, 0.15) is 26.2 Å². The summed E-state index contributed by atoms with van der Waals surface area (Å²) in [6.07, 6.45) is 2.98. The quantitative estimate of drug-likeness (QED) is 0.729. The standard InChI is InChI=1S/C11H24N2O/c1-4-13-8-5-6-11(14,7-9-13)10-12(2)3/h14H,4-10H2,1-3H3. The van der Waals surface area contributed by atoms with Gasteiger partial charge in [-0.25, -0.2) is 0 Å². The van der Waals surface area contributed by atoms with Gasteiger partial charge in [0.15, 0.2) is 0 Å². The smallest absolute Gasteiger partial charge is 0.0786 e. The van der Waals surface area contributed by atoms with Crippen molar-refractivity contribution in [2.45, 2.75) is 31.8 Å². The molecular weight excluding hydrogens is 176 g/mol. The molecule has 0 aromatic carbocycles. The van der Waals surface area contributed by atoms with Crippen molar-refractivity contribution in [1.82, 2.24) is 9.80 Å². The fourth-order valence-electron chi connectivity index (χ4n) is 2.30. The fourth-order valence-corrected chi connectivity index (χ4v) is 2.30. The van der Waals surface area contributed by atoms with Crippen molar-refractivity contribution in [3.8, 4) is 0 Å². The Morgan fingerprint density at radius 2 is 2.00 bits per heavy atom. The Morgan fingerprint density at radius 1 is 1.29 bits per heavy atom. The topological polar surface area (TPSA) is 26.7 Å². The van der Waals surface area contributed by atoms with Crippen molar-refractivity contribution in [2.24, 2.45) is 0 Å². The highest BCUT2D eigenvalue weighted by molar-refractivity contribution is 4.85. The summed E-state index contributed by atoms with van der Waals surface area (Å²) in [6.45, 7) is 6.28. The van der Waals surface area contributed by atoms with Crippen LogP contribution in [0.15, 0.2) is 0 Å². The largest absolute Gasteiger partial charge is 0.389 e. The van der Waals surface area contributed by atoms with Gasteiger partial charge in [-0.05, 0) is 46.4 Å². The maximum atomic E-state index is 10.4. The molecule has 0 spiro atoms. The Balaban J connectivity index is 2.46. The van der Waals surface area contributed by atoms with Crippen molar-refractivity contribution >= 4 is 0 Å². The zero-order chi connectivity index (χ0) is 10.6. The van der Waals surface area contributed by atoms with Gasteiger partial charge in [0.2, 0.25) is 0 Å². The molecule has 1 aliphatic heterocycles. The van der Waals surface area contributed by atoms with Crippen LogP contribution < -0.4 is 0 Å². The first-order chi connectivity index (χ1) is 6.56. The molecule has 0 saturated carbocycles. The molecule has 1 fully saturated rings. The van der Waals surface area contributed by atoms with Crippen LogP contribution in [0.3, 0.4) is 0 Å². The first kappa shape index (κ1) is 12.0. The molecular formula is C11H24N2O.